The second-order valence-electron chi connectivity index (χ2n) is 5.16. The topological polar surface area (TPSA) is 54.7 Å². The third-order valence-corrected chi connectivity index (χ3v) is 4.24. The highest BCUT2D eigenvalue weighted by atomic mass is 79.9. The number of imidazole rings is 1. The Bertz CT molecular complexity index is 613. The van der Waals surface area contributed by atoms with E-state index in [-0.39, 0.29) is 5.54 Å². The van der Waals surface area contributed by atoms with E-state index < -0.39 is 0 Å². The summed E-state index contributed by atoms with van der Waals surface area (Å²) in [4.78, 5) is 8.11. The molecule has 1 heterocycles. The quantitative estimate of drug-likeness (QED) is 0.763. The molecule has 18 heavy (non-hydrogen) atoms. The number of hydrogen-bond acceptors (Lipinski definition) is 2. The Kier molecular flexibility index (Phi) is 2.61. The van der Waals surface area contributed by atoms with E-state index in [0.717, 1.165) is 28.8 Å². The lowest BCUT2D eigenvalue weighted by atomic mass is 10.00. The van der Waals surface area contributed by atoms with Crippen LogP contribution in [0.1, 0.15) is 37.4 Å². The number of H-pyrrole nitrogens is 1. The number of aromatic nitrogens is 2. The van der Waals surface area contributed by atoms with Crippen LogP contribution < -0.4 is 5.73 Å². The van der Waals surface area contributed by atoms with Crippen molar-refractivity contribution < 1.29 is 0 Å². The van der Waals surface area contributed by atoms with Crippen molar-refractivity contribution in [3.63, 3.8) is 0 Å². The van der Waals surface area contributed by atoms with Gasteiger partial charge in [0.25, 0.3) is 0 Å². The van der Waals surface area contributed by atoms with Gasteiger partial charge in [0.05, 0.1) is 11.2 Å². The zero-order valence-corrected chi connectivity index (χ0v) is 12.1. The summed E-state index contributed by atoms with van der Waals surface area (Å²) in [6, 6.07) is 6.34. The van der Waals surface area contributed by atoms with Crippen LogP contribution in [0, 0.1) is 0 Å². The van der Waals surface area contributed by atoms with Crippen LogP contribution >= 0.6 is 15.9 Å². The van der Waals surface area contributed by atoms with Gasteiger partial charge in [-0.1, -0.05) is 28.9 Å². The van der Waals surface area contributed by atoms with Crippen LogP contribution in [0.2, 0.25) is 0 Å². The molecule has 4 heteroatoms. The lowest BCUT2D eigenvalue weighted by Crippen LogP contribution is -2.33. The Hall–Kier alpha value is -1.13. The molecule has 0 bridgehead atoms. The van der Waals surface area contributed by atoms with Crippen LogP contribution in [-0.4, -0.2) is 9.97 Å². The molecule has 3 rings (SSSR count). The number of rotatable bonds is 2. The third-order valence-electron chi connectivity index (χ3n) is 3.74. The minimum atomic E-state index is -0.375. The average molecular weight is 306 g/mol. The van der Waals surface area contributed by atoms with Crippen molar-refractivity contribution in [2.24, 2.45) is 5.73 Å². The number of nitrogens with one attached hydrogen (secondary N) is 1. The molecule has 0 amide bonds. The van der Waals surface area contributed by atoms with Gasteiger partial charge < -0.3 is 10.7 Å². The molecule has 1 aromatic heterocycles. The molecule has 3 nitrogen and oxygen atoms in total. The normalized spacial score (nSPS) is 16.2. The summed E-state index contributed by atoms with van der Waals surface area (Å²) in [5, 5.41) is 0. The van der Waals surface area contributed by atoms with Crippen LogP contribution in [0.4, 0.5) is 0 Å². The summed E-state index contributed by atoms with van der Waals surface area (Å²) < 4.78 is 1.11. The summed E-state index contributed by atoms with van der Waals surface area (Å²) in [5.41, 5.74) is 10.7. The summed E-state index contributed by atoms with van der Waals surface area (Å²) in [6.45, 7) is 4.10. The van der Waals surface area contributed by atoms with E-state index in [0.29, 0.717) is 0 Å². The standard InChI is InChI=1S/C14H16BrN3/c1-3-14(2,16)13-17-11-7-8-6-9(15)4-5-10(8)12(11)18-13/h4-6H,3,7,16H2,1-2H3,(H,17,18). The van der Waals surface area contributed by atoms with E-state index in [9.17, 15) is 0 Å². The fourth-order valence-corrected chi connectivity index (χ4v) is 2.74. The largest absolute Gasteiger partial charge is 0.344 e. The van der Waals surface area contributed by atoms with Gasteiger partial charge in [0.15, 0.2) is 0 Å². The Balaban J connectivity index is 2.08. The molecule has 0 aliphatic heterocycles. The molecule has 94 valence electrons. The van der Waals surface area contributed by atoms with E-state index in [1.807, 2.05) is 6.92 Å². The van der Waals surface area contributed by atoms with Gasteiger partial charge in [-0.15, -0.1) is 0 Å². The summed E-state index contributed by atoms with van der Waals surface area (Å²) in [7, 11) is 0. The fourth-order valence-electron chi connectivity index (χ4n) is 2.33. The minimum Gasteiger partial charge on any atom is -0.344 e. The fraction of sp³-hybridized carbons (Fsp3) is 0.357. The molecule has 0 saturated heterocycles. The summed E-state index contributed by atoms with van der Waals surface area (Å²) in [6.07, 6.45) is 1.78. The molecule has 0 fully saturated rings. The molecule has 0 saturated carbocycles. The van der Waals surface area contributed by atoms with Crippen molar-refractivity contribution in [3.05, 3.63) is 39.8 Å². The maximum atomic E-state index is 6.24. The first-order valence-electron chi connectivity index (χ1n) is 6.18. The van der Waals surface area contributed by atoms with Crippen molar-refractivity contribution in [3.8, 4) is 11.3 Å². The molecule has 3 N–H and O–H groups in total. The van der Waals surface area contributed by atoms with Crippen LogP contribution in [0.3, 0.4) is 0 Å². The highest BCUT2D eigenvalue weighted by Gasteiger charge is 2.28. The number of benzene rings is 1. The van der Waals surface area contributed by atoms with E-state index in [4.69, 9.17) is 10.7 Å². The first-order valence-corrected chi connectivity index (χ1v) is 6.97. The zero-order chi connectivity index (χ0) is 12.9. The highest BCUT2D eigenvalue weighted by Crippen LogP contribution is 2.37. The SMILES string of the molecule is CCC(C)(N)c1nc2c([nH]1)Cc1cc(Br)ccc1-2. The van der Waals surface area contributed by atoms with Crippen molar-refractivity contribution in [1.29, 1.82) is 0 Å². The zero-order valence-electron chi connectivity index (χ0n) is 10.5. The van der Waals surface area contributed by atoms with Gasteiger partial charge >= 0.3 is 0 Å². The van der Waals surface area contributed by atoms with Crippen LogP contribution in [-0.2, 0) is 12.0 Å². The second-order valence-corrected chi connectivity index (χ2v) is 6.08. The molecule has 1 atom stereocenters. The molecule has 0 spiro atoms. The Morgan fingerprint density at radius 1 is 1.50 bits per heavy atom. The number of hydrogen-bond donors (Lipinski definition) is 2. The lowest BCUT2D eigenvalue weighted by molar-refractivity contribution is 0.449. The highest BCUT2D eigenvalue weighted by molar-refractivity contribution is 9.10. The minimum absolute atomic E-state index is 0.375. The van der Waals surface area contributed by atoms with Gasteiger partial charge in [-0.25, -0.2) is 4.98 Å². The number of aromatic amines is 1. The van der Waals surface area contributed by atoms with Gasteiger partial charge in [0.2, 0.25) is 0 Å². The number of halogens is 1. The molecule has 1 aliphatic carbocycles. The van der Waals surface area contributed by atoms with E-state index in [2.05, 4.69) is 46.0 Å². The molecule has 1 unspecified atom stereocenters. The third kappa shape index (κ3) is 1.71. The van der Waals surface area contributed by atoms with Crippen molar-refractivity contribution >= 4 is 15.9 Å². The van der Waals surface area contributed by atoms with Crippen molar-refractivity contribution in [2.45, 2.75) is 32.2 Å². The molecule has 2 aromatic rings. The number of nitrogens with two attached hydrogens (primary N) is 1. The Morgan fingerprint density at radius 2 is 2.28 bits per heavy atom. The maximum Gasteiger partial charge on any atom is 0.126 e. The van der Waals surface area contributed by atoms with Crippen molar-refractivity contribution in [1.82, 2.24) is 9.97 Å². The number of nitrogens with zero attached hydrogens (tertiary/aromatic N) is 1. The lowest BCUT2D eigenvalue weighted by Gasteiger charge is -2.19. The van der Waals surface area contributed by atoms with Crippen LogP contribution in [0.25, 0.3) is 11.3 Å². The first kappa shape index (κ1) is 11.9. The predicted molar refractivity (Wildman–Crippen MR) is 76.4 cm³/mol. The van der Waals surface area contributed by atoms with Gasteiger partial charge in [0.1, 0.15) is 5.82 Å². The second kappa shape index (κ2) is 3.93. The monoisotopic (exact) mass is 305 g/mol. The average Bonchev–Trinajstić information content (AvgIpc) is 2.85. The van der Waals surface area contributed by atoms with E-state index >= 15 is 0 Å². The first-order chi connectivity index (χ1) is 8.51. The van der Waals surface area contributed by atoms with Crippen molar-refractivity contribution in [2.75, 3.05) is 0 Å². The molecule has 1 aromatic carbocycles. The van der Waals surface area contributed by atoms with Gasteiger partial charge in [-0.3, -0.25) is 0 Å². The van der Waals surface area contributed by atoms with Crippen LogP contribution in [0.15, 0.2) is 22.7 Å². The van der Waals surface area contributed by atoms with E-state index in [1.165, 1.54) is 16.8 Å². The summed E-state index contributed by atoms with van der Waals surface area (Å²) in [5.74, 6) is 0.892. The van der Waals surface area contributed by atoms with Crippen LogP contribution in [0.5, 0.6) is 0 Å². The molecular formula is C14H16BrN3. The molecular weight excluding hydrogens is 290 g/mol. The summed E-state index contributed by atoms with van der Waals surface area (Å²) >= 11 is 3.50. The van der Waals surface area contributed by atoms with Gasteiger partial charge in [0, 0.05) is 22.2 Å². The predicted octanol–water partition coefficient (Wildman–Crippen LogP) is 3.33. The number of fused-ring (bicyclic) bond motifs is 3. The maximum absolute atomic E-state index is 6.24. The Labute approximate surface area is 115 Å². The molecule has 1 aliphatic rings. The Morgan fingerprint density at radius 3 is 3.00 bits per heavy atom. The van der Waals surface area contributed by atoms with Gasteiger partial charge in [-0.05, 0) is 31.0 Å². The smallest absolute Gasteiger partial charge is 0.126 e. The van der Waals surface area contributed by atoms with Gasteiger partial charge in [-0.2, -0.15) is 0 Å². The van der Waals surface area contributed by atoms with E-state index in [1.54, 1.807) is 0 Å². The molecule has 0 radical (unpaired) electrons.